The van der Waals surface area contributed by atoms with Crippen LogP contribution in [0.5, 0.6) is 0 Å². The van der Waals surface area contributed by atoms with Gasteiger partial charge in [0.1, 0.15) is 10.8 Å². The lowest BCUT2D eigenvalue weighted by atomic mass is 10.1. The Labute approximate surface area is 125 Å². The van der Waals surface area contributed by atoms with Gasteiger partial charge in [0.25, 0.3) is 0 Å². The summed E-state index contributed by atoms with van der Waals surface area (Å²) in [6.07, 6.45) is 1.07. The summed E-state index contributed by atoms with van der Waals surface area (Å²) in [5.41, 5.74) is 8.52. The second-order valence-corrected chi connectivity index (χ2v) is 5.18. The number of methoxy groups -OCH3 is 1. The number of ether oxygens (including phenoxy) is 1. The van der Waals surface area contributed by atoms with Crippen LogP contribution in [0.15, 0.2) is 6.07 Å². The number of aromatic nitrogens is 1. The Morgan fingerprint density at radius 3 is 2.70 bits per heavy atom. The van der Waals surface area contributed by atoms with Crippen LogP contribution < -0.4 is 10.6 Å². The molecule has 1 rings (SSSR count). The number of carbonyl (C=O) groups excluding carboxylic acids is 1. The molecular formula is C14H21N3O2S. The van der Waals surface area contributed by atoms with Crippen molar-refractivity contribution in [3.63, 3.8) is 0 Å². The zero-order valence-corrected chi connectivity index (χ0v) is 13.2. The first-order valence-corrected chi connectivity index (χ1v) is 6.83. The molecule has 6 heteroatoms. The molecule has 2 N–H and O–H groups in total. The van der Waals surface area contributed by atoms with Crippen LogP contribution in [0.3, 0.4) is 0 Å². The summed E-state index contributed by atoms with van der Waals surface area (Å²) in [4.78, 5) is 17.9. The number of pyridine rings is 1. The summed E-state index contributed by atoms with van der Waals surface area (Å²) < 4.78 is 4.62. The summed E-state index contributed by atoms with van der Waals surface area (Å²) in [7, 11) is 3.31. The fourth-order valence-electron chi connectivity index (χ4n) is 2.07. The van der Waals surface area contributed by atoms with Crippen molar-refractivity contribution in [2.45, 2.75) is 26.7 Å². The lowest BCUT2D eigenvalue weighted by Gasteiger charge is -2.22. The van der Waals surface area contributed by atoms with Crippen LogP contribution in [-0.2, 0) is 9.53 Å². The van der Waals surface area contributed by atoms with Crippen LogP contribution >= 0.6 is 12.2 Å². The maximum Gasteiger partial charge on any atom is 0.305 e. The fourth-order valence-corrected chi connectivity index (χ4v) is 2.32. The second-order valence-electron chi connectivity index (χ2n) is 4.74. The van der Waals surface area contributed by atoms with Gasteiger partial charge in [-0.05, 0) is 31.9 Å². The molecule has 0 saturated heterocycles. The summed E-state index contributed by atoms with van der Waals surface area (Å²) >= 11 is 5.11. The maximum atomic E-state index is 11.1. The molecule has 0 aromatic carbocycles. The second kappa shape index (κ2) is 7.19. The van der Waals surface area contributed by atoms with Crippen molar-refractivity contribution in [1.82, 2.24) is 4.98 Å². The number of nitrogens with zero attached hydrogens (tertiary/aromatic N) is 2. The Balaban J connectivity index is 2.89. The Bertz CT molecular complexity index is 517. The molecule has 0 saturated carbocycles. The van der Waals surface area contributed by atoms with E-state index in [4.69, 9.17) is 18.0 Å². The van der Waals surface area contributed by atoms with E-state index in [2.05, 4.69) is 9.72 Å². The fraction of sp³-hybridized carbons (Fsp3) is 0.500. The molecule has 0 aliphatic rings. The van der Waals surface area contributed by atoms with Gasteiger partial charge in [-0.15, -0.1) is 0 Å². The zero-order valence-electron chi connectivity index (χ0n) is 12.4. The topological polar surface area (TPSA) is 68.5 Å². The third-order valence-electron chi connectivity index (χ3n) is 3.04. The van der Waals surface area contributed by atoms with Gasteiger partial charge < -0.3 is 15.4 Å². The van der Waals surface area contributed by atoms with Crippen LogP contribution in [0, 0.1) is 13.8 Å². The van der Waals surface area contributed by atoms with E-state index >= 15 is 0 Å². The van der Waals surface area contributed by atoms with Crippen molar-refractivity contribution in [2.24, 2.45) is 5.73 Å². The van der Waals surface area contributed by atoms with Crippen molar-refractivity contribution in [2.75, 3.05) is 25.6 Å². The van der Waals surface area contributed by atoms with Gasteiger partial charge in [-0.2, -0.15) is 0 Å². The number of nitrogens with two attached hydrogens (primary N) is 1. The van der Waals surface area contributed by atoms with E-state index in [1.807, 2.05) is 31.9 Å². The maximum absolute atomic E-state index is 11.1. The van der Waals surface area contributed by atoms with Crippen molar-refractivity contribution >= 4 is 29.0 Å². The number of aryl methyl sites for hydroxylation is 2. The minimum absolute atomic E-state index is 0.207. The molecule has 1 heterocycles. The first-order valence-electron chi connectivity index (χ1n) is 6.42. The minimum Gasteiger partial charge on any atom is -0.469 e. The molecule has 20 heavy (non-hydrogen) atoms. The average molecular weight is 295 g/mol. The monoisotopic (exact) mass is 295 g/mol. The lowest BCUT2D eigenvalue weighted by Crippen LogP contribution is -2.26. The quantitative estimate of drug-likeness (QED) is 0.636. The van der Waals surface area contributed by atoms with Gasteiger partial charge in [-0.1, -0.05) is 12.2 Å². The molecule has 0 unspecified atom stereocenters. The van der Waals surface area contributed by atoms with Gasteiger partial charge >= 0.3 is 5.97 Å². The Kier molecular flexibility index (Phi) is 5.88. The molecule has 1 aromatic heterocycles. The van der Waals surface area contributed by atoms with E-state index in [0.29, 0.717) is 24.4 Å². The van der Waals surface area contributed by atoms with Crippen LogP contribution in [0.2, 0.25) is 0 Å². The molecule has 0 amide bonds. The van der Waals surface area contributed by atoms with Gasteiger partial charge in [0, 0.05) is 25.7 Å². The third-order valence-corrected chi connectivity index (χ3v) is 3.24. The number of thiocarbonyl (C=S) groups is 1. The summed E-state index contributed by atoms with van der Waals surface area (Å²) in [5.74, 6) is 0.557. The van der Waals surface area contributed by atoms with E-state index < -0.39 is 0 Å². The van der Waals surface area contributed by atoms with Crippen LogP contribution in [-0.4, -0.2) is 36.6 Å². The van der Waals surface area contributed by atoms with E-state index in [1.165, 1.54) is 7.11 Å². The molecule has 110 valence electrons. The van der Waals surface area contributed by atoms with Crippen LogP contribution in [0.25, 0.3) is 0 Å². The number of carbonyl (C=O) groups is 1. The van der Waals surface area contributed by atoms with Gasteiger partial charge in [-0.25, -0.2) is 4.98 Å². The van der Waals surface area contributed by atoms with Crippen LogP contribution in [0.1, 0.15) is 29.7 Å². The highest BCUT2D eigenvalue weighted by molar-refractivity contribution is 7.80. The Morgan fingerprint density at radius 2 is 2.15 bits per heavy atom. The van der Waals surface area contributed by atoms with E-state index in [0.717, 1.165) is 22.6 Å². The van der Waals surface area contributed by atoms with E-state index in [1.54, 1.807) is 0 Å². The molecule has 0 fully saturated rings. The highest BCUT2D eigenvalue weighted by Crippen LogP contribution is 2.22. The number of hydrogen-bond donors (Lipinski definition) is 1. The zero-order chi connectivity index (χ0) is 15.3. The number of hydrogen-bond acceptors (Lipinski definition) is 5. The normalized spacial score (nSPS) is 10.2. The summed E-state index contributed by atoms with van der Waals surface area (Å²) in [5, 5.41) is 0. The highest BCUT2D eigenvalue weighted by atomic mass is 32.1. The molecule has 5 nitrogen and oxygen atoms in total. The Hall–Kier alpha value is -1.69. The SMILES string of the molecule is COC(=O)CCCN(C)c1nc(C)cc(C)c1C(N)=S. The predicted molar refractivity (Wildman–Crippen MR) is 84.1 cm³/mol. The van der Waals surface area contributed by atoms with Crippen molar-refractivity contribution in [3.8, 4) is 0 Å². The molecule has 0 bridgehead atoms. The summed E-state index contributed by atoms with van der Waals surface area (Å²) in [6.45, 7) is 4.58. The van der Waals surface area contributed by atoms with Crippen molar-refractivity contribution in [1.29, 1.82) is 0 Å². The van der Waals surface area contributed by atoms with Crippen molar-refractivity contribution in [3.05, 3.63) is 22.9 Å². The largest absolute Gasteiger partial charge is 0.469 e. The van der Waals surface area contributed by atoms with Crippen LogP contribution in [0.4, 0.5) is 5.82 Å². The van der Waals surface area contributed by atoms with Crippen molar-refractivity contribution < 1.29 is 9.53 Å². The van der Waals surface area contributed by atoms with E-state index in [9.17, 15) is 4.79 Å². The van der Waals surface area contributed by atoms with Gasteiger partial charge in [0.05, 0.1) is 12.7 Å². The van der Waals surface area contributed by atoms with Gasteiger partial charge in [0.15, 0.2) is 0 Å². The predicted octanol–water partition coefficient (Wildman–Crippen LogP) is 1.72. The molecule has 1 aromatic rings. The molecule has 0 aliphatic carbocycles. The standard InChI is InChI=1S/C14H21N3O2S/c1-9-8-10(2)16-14(12(9)13(15)20)17(3)7-5-6-11(18)19-4/h8H,5-7H2,1-4H3,(H2,15,20). The average Bonchev–Trinajstić information content (AvgIpc) is 2.36. The first kappa shape index (κ1) is 16.4. The number of esters is 1. The minimum atomic E-state index is -0.207. The molecule has 0 radical (unpaired) electrons. The van der Waals surface area contributed by atoms with E-state index in [-0.39, 0.29) is 5.97 Å². The highest BCUT2D eigenvalue weighted by Gasteiger charge is 2.15. The van der Waals surface area contributed by atoms with Gasteiger partial charge in [-0.3, -0.25) is 4.79 Å². The molecular weight excluding hydrogens is 274 g/mol. The first-order chi connectivity index (χ1) is 9.36. The van der Waals surface area contributed by atoms with Gasteiger partial charge in [0.2, 0.25) is 0 Å². The smallest absolute Gasteiger partial charge is 0.305 e. The lowest BCUT2D eigenvalue weighted by molar-refractivity contribution is -0.140. The molecule has 0 atom stereocenters. The molecule has 0 aliphatic heterocycles. The molecule has 0 spiro atoms. The summed E-state index contributed by atoms with van der Waals surface area (Å²) in [6, 6.07) is 1.96. The third kappa shape index (κ3) is 4.16. The number of anilines is 1. The Morgan fingerprint density at radius 1 is 1.50 bits per heavy atom. The number of rotatable bonds is 6.